The van der Waals surface area contributed by atoms with E-state index in [-0.39, 0.29) is 0 Å². The Morgan fingerprint density at radius 2 is 0.845 bits per heavy atom. The maximum absolute atomic E-state index is 6.57. The predicted octanol–water partition coefficient (Wildman–Crippen LogP) is 16.3. The summed E-state index contributed by atoms with van der Waals surface area (Å²) in [5, 5.41) is 7.01. The molecule has 0 radical (unpaired) electrons. The molecule has 9 aromatic carbocycles. The van der Waals surface area contributed by atoms with Gasteiger partial charge in [0.05, 0.1) is 0 Å². The van der Waals surface area contributed by atoms with E-state index in [1.54, 1.807) is 0 Å². The first-order valence-corrected chi connectivity index (χ1v) is 20.4. The van der Waals surface area contributed by atoms with E-state index in [0.29, 0.717) is 0 Å². The summed E-state index contributed by atoms with van der Waals surface area (Å²) >= 11 is 1.82. The molecule has 12 aromatic rings. The number of hydrogen-bond donors (Lipinski definition) is 0. The van der Waals surface area contributed by atoms with Gasteiger partial charge in [0.25, 0.3) is 0 Å². The van der Waals surface area contributed by atoms with Crippen molar-refractivity contribution < 1.29 is 8.83 Å². The molecule has 0 bridgehead atoms. The van der Waals surface area contributed by atoms with Gasteiger partial charge in [-0.3, -0.25) is 0 Å². The summed E-state index contributed by atoms with van der Waals surface area (Å²) in [6.45, 7) is 0. The number of furan rings is 2. The highest BCUT2D eigenvalue weighted by molar-refractivity contribution is 7.26. The maximum atomic E-state index is 6.57. The molecule has 0 N–H and O–H groups in total. The fourth-order valence-corrected chi connectivity index (χ4v) is 9.84. The van der Waals surface area contributed by atoms with Crippen LogP contribution >= 0.6 is 11.3 Å². The number of thiophene rings is 1. The van der Waals surface area contributed by atoms with E-state index < -0.39 is 0 Å². The Bertz CT molecular complexity index is 3480. The van der Waals surface area contributed by atoms with Crippen LogP contribution in [0.5, 0.6) is 0 Å². The van der Waals surface area contributed by atoms with E-state index >= 15 is 0 Å². The van der Waals surface area contributed by atoms with Gasteiger partial charge in [0.15, 0.2) is 0 Å². The van der Waals surface area contributed by atoms with Crippen LogP contribution in [0.15, 0.2) is 209 Å². The molecule has 0 amide bonds. The normalized spacial score (nSPS) is 11.8. The van der Waals surface area contributed by atoms with Crippen molar-refractivity contribution in [3.8, 4) is 33.4 Å². The second-order valence-corrected chi connectivity index (χ2v) is 15.9. The lowest BCUT2D eigenvalue weighted by atomic mass is 9.98. The lowest BCUT2D eigenvalue weighted by molar-refractivity contribution is 0.669. The van der Waals surface area contributed by atoms with Crippen LogP contribution in [-0.4, -0.2) is 0 Å². The first kappa shape index (κ1) is 32.8. The third kappa shape index (κ3) is 5.27. The topological polar surface area (TPSA) is 29.5 Å². The molecule has 0 saturated heterocycles. The van der Waals surface area contributed by atoms with Gasteiger partial charge in [0.2, 0.25) is 0 Å². The fourth-order valence-electron chi connectivity index (χ4n) is 8.70. The van der Waals surface area contributed by atoms with Crippen LogP contribution in [0.1, 0.15) is 0 Å². The fraction of sp³-hybridized carbons (Fsp3) is 0. The summed E-state index contributed by atoms with van der Waals surface area (Å²) < 4.78 is 15.3. The smallest absolute Gasteiger partial charge is 0.144 e. The van der Waals surface area contributed by atoms with Gasteiger partial charge in [-0.1, -0.05) is 121 Å². The number of hydrogen-bond acceptors (Lipinski definition) is 4. The van der Waals surface area contributed by atoms with Crippen molar-refractivity contribution in [1.82, 2.24) is 0 Å². The minimum Gasteiger partial charge on any atom is -0.456 e. The lowest BCUT2D eigenvalue weighted by Crippen LogP contribution is -2.09. The summed E-state index contributed by atoms with van der Waals surface area (Å²) in [7, 11) is 0. The summed E-state index contributed by atoms with van der Waals surface area (Å²) in [4.78, 5) is 2.34. The van der Waals surface area contributed by atoms with E-state index in [4.69, 9.17) is 8.83 Å². The molecule has 0 aliphatic heterocycles. The molecule has 0 fully saturated rings. The van der Waals surface area contributed by atoms with Gasteiger partial charge in [-0.2, -0.15) is 0 Å². The number of nitrogens with zero attached hydrogens (tertiary/aromatic N) is 1. The number of rotatable bonds is 6. The standard InChI is InChI=1S/C54H33NO2S/c1-2-9-34(10-3-1)35-17-24-39(25-18-35)55(40-26-19-36(20-27-40)38-23-30-45-43-11-4-6-14-47(43)56-49(45)33-38)41-28-21-37(22-29-41)42-13-8-16-50-52(42)53-51(58-50)32-31-46-44-12-5-7-15-48(44)57-54(46)53/h1-33H. The van der Waals surface area contributed by atoms with Crippen LogP contribution in [0.2, 0.25) is 0 Å². The highest BCUT2D eigenvalue weighted by Crippen LogP contribution is 2.46. The average molecular weight is 760 g/mol. The quantitative estimate of drug-likeness (QED) is 0.169. The van der Waals surface area contributed by atoms with Gasteiger partial charge in [0.1, 0.15) is 22.3 Å². The molecular formula is C54H33NO2S. The zero-order valence-corrected chi connectivity index (χ0v) is 32.0. The molecule has 0 spiro atoms. The molecule has 4 heteroatoms. The van der Waals surface area contributed by atoms with E-state index in [1.165, 1.54) is 36.9 Å². The van der Waals surface area contributed by atoms with Crippen LogP contribution in [0.3, 0.4) is 0 Å². The summed E-state index contributed by atoms with van der Waals surface area (Å²) in [6, 6.07) is 71.4. The Hall–Kier alpha value is -7.40. The summed E-state index contributed by atoms with van der Waals surface area (Å²) in [6.07, 6.45) is 0. The molecule has 58 heavy (non-hydrogen) atoms. The Kier molecular flexibility index (Phi) is 7.40. The summed E-state index contributed by atoms with van der Waals surface area (Å²) in [5.74, 6) is 0. The molecular weight excluding hydrogens is 727 g/mol. The number of para-hydroxylation sites is 2. The van der Waals surface area contributed by atoms with E-state index in [2.05, 4.69) is 187 Å². The third-order valence-corrected chi connectivity index (χ3v) is 12.6. The zero-order chi connectivity index (χ0) is 38.2. The van der Waals surface area contributed by atoms with Crippen molar-refractivity contribution in [3.63, 3.8) is 0 Å². The monoisotopic (exact) mass is 759 g/mol. The number of anilines is 3. The molecule has 0 aliphatic rings. The van der Waals surface area contributed by atoms with Crippen molar-refractivity contribution in [2.24, 2.45) is 0 Å². The molecule has 272 valence electrons. The van der Waals surface area contributed by atoms with Gasteiger partial charge < -0.3 is 13.7 Å². The Labute approximate surface area is 338 Å². The Morgan fingerprint density at radius 3 is 1.55 bits per heavy atom. The van der Waals surface area contributed by atoms with Gasteiger partial charge in [-0.05, 0) is 112 Å². The molecule has 12 rings (SSSR count). The number of fused-ring (bicyclic) bond motifs is 10. The largest absolute Gasteiger partial charge is 0.456 e. The van der Waals surface area contributed by atoms with E-state index in [0.717, 1.165) is 77.6 Å². The molecule has 0 saturated carbocycles. The molecule has 0 atom stereocenters. The zero-order valence-electron chi connectivity index (χ0n) is 31.2. The van der Waals surface area contributed by atoms with Gasteiger partial charge in [0, 0.05) is 58.8 Å². The van der Waals surface area contributed by atoms with Crippen LogP contribution in [-0.2, 0) is 0 Å². The average Bonchev–Trinajstić information content (AvgIpc) is 3.98. The Morgan fingerprint density at radius 1 is 0.328 bits per heavy atom. The highest BCUT2D eigenvalue weighted by atomic mass is 32.1. The van der Waals surface area contributed by atoms with E-state index in [9.17, 15) is 0 Å². The SMILES string of the molecule is c1ccc(-c2ccc(N(c3ccc(-c4ccc5c(c4)oc4ccccc45)cc3)c3ccc(-c4cccc5sc6ccc7c8ccccc8oc7c6c45)cc3)cc2)cc1. The second-order valence-electron chi connectivity index (χ2n) is 14.8. The van der Waals surface area contributed by atoms with Gasteiger partial charge in [-0.15, -0.1) is 11.3 Å². The maximum Gasteiger partial charge on any atom is 0.144 e. The molecule has 0 unspecified atom stereocenters. The van der Waals surface area contributed by atoms with Crippen molar-refractivity contribution in [3.05, 3.63) is 200 Å². The van der Waals surface area contributed by atoms with Crippen molar-refractivity contribution in [1.29, 1.82) is 0 Å². The van der Waals surface area contributed by atoms with Gasteiger partial charge in [-0.25, -0.2) is 0 Å². The van der Waals surface area contributed by atoms with Crippen molar-refractivity contribution in [2.45, 2.75) is 0 Å². The molecule has 3 aromatic heterocycles. The first-order valence-electron chi connectivity index (χ1n) is 19.6. The van der Waals surface area contributed by atoms with Gasteiger partial charge >= 0.3 is 0 Å². The van der Waals surface area contributed by atoms with Crippen LogP contribution in [0.4, 0.5) is 17.1 Å². The first-order chi connectivity index (χ1) is 28.7. The van der Waals surface area contributed by atoms with E-state index in [1.807, 2.05) is 29.5 Å². The molecule has 0 aliphatic carbocycles. The minimum atomic E-state index is 0.899. The highest BCUT2D eigenvalue weighted by Gasteiger charge is 2.19. The molecule has 3 nitrogen and oxygen atoms in total. The number of benzene rings is 9. The predicted molar refractivity (Wildman–Crippen MR) is 245 cm³/mol. The lowest BCUT2D eigenvalue weighted by Gasteiger charge is -2.26. The van der Waals surface area contributed by atoms with Crippen LogP contribution < -0.4 is 4.90 Å². The minimum absolute atomic E-state index is 0.899. The Balaban J connectivity index is 0.953. The van der Waals surface area contributed by atoms with Crippen molar-refractivity contribution >= 4 is 92.4 Å². The third-order valence-electron chi connectivity index (χ3n) is 11.5. The summed E-state index contributed by atoms with van der Waals surface area (Å²) in [5.41, 5.74) is 13.9. The van der Waals surface area contributed by atoms with Crippen LogP contribution in [0.25, 0.3) is 97.4 Å². The molecule has 3 heterocycles. The van der Waals surface area contributed by atoms with Crippen LogP contribution in [0, 0.1) is 0 Å². The van der Waals surface area contributed by atoms with Crippen molar-refractivity contribution in [2.75, 3.05) is 4.90 Å². The second kappa shape index (κ2) is 13.1.